The molecule has 0 aliphatic carbocycles. The van der Waals surface area contributed by atoms with E-state index < -0.39 is 6.04 Å². The van der Waals surface area contributed by atoms with Crippen molar-refractivity contribution < 1.29 is 14.3 Å². The molecule has 0 aromatic heterocycles. The molecule has 1 heterocycles. The highest BCUT2D eigenvalue weighted by Gasteiger charge is 2.22. The number of carbonyl (C=O) groups is 2. The minimum atomic E-state index is -0.548. The summed E-state index contributed by atoms with van der Waals surface area (Å²) in [5.74, 6) is 0.519. The zero-order valence-electron chi connectivity index (χ0n) is 10.4. The Kier molecular flexibility index (Phi) is 6.35. The maximum absolute atomic E-state index is 11.7. The summed E-state index contributed by atoms with van der Waals surface area (Å²) in [6, 6.07) is -0.548. The van der Waals surface area contributed by atoms with E-state index >= 15 is 0 Å². The standard InChI is InChI=1S/C12H18N2O3S/c1-3-17-8-11(15)14-10(12(16)13-2)7-9-5-4-6-18-9/h3,5,10H,1,4,6-8H2,2H3,(H,13,16)(H,14,15)/t10-/m0/s1. The van der Waals surface area contributed by atoms with E-state index in [-0.39, 0.29) is 18.4 Å². The predicted octanol–water partition coefficient (Wildman–Crippen LogP) is 0.788. The molecular weight excluding hydrogens is 252 g/mol. The van der Waals surface area contributed by atoms with Crippen molar-refractivity contribution in [3.63, 3.8) is 0 Å². The monoisotopic (exact) mass is 270 g/mol. The number of rotatable bonds is 7. The van der Waals surface area contributed by atoms with Crippen molar-refractivity contribution >= 4 is 23.6 Å². The molecule has 0 unspecified atom stereocenters. The number of likely N-dealkylation sites (N-methyl/N-ethyl adjacent to an activating group) is 1. The van der Waals surface area contributed by atoms with E-state index in [0.29, 0.717) is 6.42 Å². The lowest BCUT2D eigenvalue weighted by Crippen LogP contribution is -2.46. The molecule has 5 nitrogen and oxygen atoms in total. The van der Waals surface area contributed by atoms with Gasteiger partial charge in [0, 0.05) is 19.2 Å². The molecule has 2 N–H and O–H groups in total. The van der Waals surface area contributed by atoms with Gasteiger partial charge < -0.3 is 15.4 Å². The molecule has 0 fully saturated rings. The third-order valence-corrected chi connectivity index (χ3v) is 3.56. The molecule has 1 aliphatic rings. The molecule has 0 spiro atoms. The van der Waals surface area contributed by atoms with Crippen LogP contribution in [0.4, 0.5) is 0 Å². The van der Waals surface area contributed by atoms with Gasteiger partial charge in [0.25, 0.3) is 5.91 Å². The van der Waals surface area contributed by atoms with E-state index in [4.69, 9.17) is 4.74 Å². The maximum atomic E-state index is 11.7. The first-order valence-corrected chi connectivity index (χ1v) is 6.71. The number of hydrogen-bond donors (Lipinski definition) is 2. The first-order valence-electron chi connectivity index (χ1n) is 5.72. The van der Waals surface area contributed by atoms with Gasteiger partial charge in [-0.15, -0.1) is 11.8 Å². The highest BCUT2D eigenvalue weighted by Crippen LogP contribution is 2.28. The van der Waals surface area contributed by atoms with Crippen molar-refractivity contribution in [2.45, 2.75) is 18.9 Å². The summed E-state index contributed by atoms with van der Waals surface area (Å²) < 4.78 is 4.78. The van der Waals surface area contributed by atoms with Gasteiger partial charge in [0.15, 0.2) is 6.61 Å². The highest BCUT2D eigenvalue weighted by molar-refractivity contribution is 8.03. The zero-order chi connectivity index (χ0) is 13.4. The molecule has 6 heteroatoms. The van der Waals surface area contributed by atoms with Crippen LogP contribution in [0.15, 0.2) is 23.8 Å². The average molecular weight is 270 g/mol. The van der Waals surface area contributed by atoms with E-state index in [2.05, 4.69) is 23.3 Å². The minimum absolute atomic E-state index is 0.122. The van der Waals surface area contributed by atoms with Crippen LogP contribution in [0.5, 0.6) is 0 Å². The Morgan fingerprint density at radius 2 is 2.44 bits per heavy atom. The summed E-state index contributed by atoms with van der Waals surface area (Å²) in [5.41, 5.74) is 0. The Bertz CT molecular complexity index is 355. The van der Waals surface area contributed by atoms with Gasteiger partial charge in [0.2, 0.25) is 5.91 Å². The molecule has 1 aliphatic heterocycles. The summed E-state index contributed by atoms with van der Waals surface area (Å²) in [7, 11) is 1.55. The van der Waals surface area contributed by atoms with Crippen LogP contribution >= 0.6 is 11.8 Å². The molecular formula is C12H18N2O3S. The van der Waals surface area contributed by atoms with Gasteiger partial charge in [-0.2, -0.15) is 0 Å². The second kappa shape index (κ2) is 7.81. The molecule has 2 amide bonds. The van der Waals surface area contributed by atoms with Crippen LogP contribution < -0.4 is 10.6 Å². The number of nitrogens with one attached hydrogen (secondary N) is 2. The molecule has 100 valence electrons. The average Bonchev–Trinajstić information content (AvgIpc) is 2.87. The Hall–Kier alpha value is -1.43. The zero-order valence-corrected chi connectivity index (χ0v) is 11.2. The van der Waals surface area contributed by atoms with Crippen molar-refractivity contribution in [1.29, 1.82) is 0 Å². The predicted molar refractivity (Wildman–Crippen MR) is 71.9 cm³/mol. The van der Waals surface area contributed by atoms with Crippen LogP contribution in [0.2, 0.25) is 0 Å². The number of hydrogen-bond acceptors (Lipinski definition) is 4. The number of ether oxygens (including phenoxy) is 1. The summed E-state index contributed by atoms with van der Waals surface area (Å²) in [4.78, 5) is 24.3. The highest BCUT2D eigenvalue weighted by atomic mass is 32.2. The van der Waals surface area contributed by atoms with E-state index in [1.165, 1.54) is 6.26 Å². The largest absolute Gasteiger partial charge is 0.492 e. The van der Waals surface area contributed by atoms with Crippen LogP contribution in [0.1, 0.15) is 12.8 Å². The van der Waals surface area contributed by atoms with E-state index in [0.717, 1.165) is 17.1 Å². The van der Waals surface area contributed by atoms with Crippen LogP contribution in [-0.4, -0.2) is 37.3 Å². The summed E-state index contributed by atoms with van der Waals surface area (Å²) in [6.07, 6.45) is 4.86. The van der Waals surface area contributed by atoms with E-state index in [1.807, 2.05) is 0 Å². The van der Waals surface area contributed by atoms with Gasteiger partial charge in [-0.05, 0) is 11.3 Å². The van der Waals surface area contributed by atoms with E-state index in [1.54, 1.807) is 18.8 Å². The van der Waals surface area contributed by atoms with Gasteiger partial charge in [-0.1, -0.05) is 12.7 Å². The maximum Gasteiger partial charge on any atom is 0.258 e. The quantitative estimate of drug-likeness (QED) is 0.671. The molecule has 0 aromatic rings. The lowest BCUT2D eigenvalue weighted by molar-refractivity contribution is -0.130. The second-order valence-electron chi connectivity index (χ2n) is 3.72. The summed E-state index contributed by atoms with van der Waals surface area (Å²) in [6.45, 7) is 3.23. The van der Waals surface area contributed by atoms with Gasteiger partial charge in [0.05, 0.1) is 6.26 Å². The molecule has 1 rings (SSSR count). The SMILES string of the molecule is C=COCC(=O)N[C@@H](CC1=CCCS1)C(=O)NC. The molecule has 18 heavy (non-hydrogen) atoms. The Labute approximate surface area is 111 Å². The van der Waals surface area contributed by atoms with Crippen molar-refractivity contribution in [2.24, 2.45) is 0 Å². The number of amides is 2. The van der Waals surface area contributed by atoms with Crippen molar-refractivity contribution in [1.82, 2.24) is 10.6 Å². The molecule has 0 bridgehead atoms. The fourth-order valence-electron chi connectivity index (χ4n) is 1.57. The lowest BCUT2D eigenvalue weighted by Gasteiger charge is -2.17. The first-order chi connectivity index (χ1) is 8.67. The van der Waals surface area contributed by atoms with Gasteiger partial charge in [-0.25, -0.2) is 0 Å². The van der Waals surface area contributed by atoms with Crippen molar-refractivity contribution in [3.05, 3.63) is 23.8 Å². The fourth-order valence-corrected chi connectivity index (χ4v) is 2.58. The Morgan fingerprint density at radius 3 is 3.00 bits per heavy atom. The van der Waals surface area contributed by atoms with Gasteiger partial charge in [-0.3, -0.25) is 9.59 Å². The van der Waals surface area contributed by atoms with Crippen LogP contribution in [0.3, 0.4) is 0 Å². The third-order valence-electron chi connectivity index (χ3n) is 2.41. The van der Waals surface area contributed by atoms with Gasteiger partial charge >= 0.3 is 0 Å². The molecule has 0 saturated carbocycles. The number of carbonyl (C=O) groups excluding carboxylic acids is 2. The first kappa shape index (κ1) is 14.6. The third kappa shape index (κ3) is 4.83. The van der Waals surface area contributed by atoms with Crippen molar-refractivity contribution in [3.8, 4) is 0 Å². The smallest absolute Gasteiger partial charge is 0.258 e. The minimum Gasteiger partial charge on any atom is -0.492 e. The molecule has 0 saturated heterocycles. The molecule has 0 radical (unpaired) electrons. The Balaban J connectivity index is 2.52. The van der Waals surface area contributed by atoms with Gasteiger partial charge in [0.1, 0.15) is 6.04 Å². The Morgan fingerprint density at radius 1 is 1.67 bits per heavy atom. The normalized spacial score (nSPS) is 15.5. The number of thioether (sulfide) groups is 1. The summed E-state index contributed by atoms with van der Waals surface area (Å²) in [5, 5.41) is 5.20. The number of allylic oxidation sites excluding steroid dienone is 1. The molecule has 0 aromatic carbocycles. The second-order valence-corrected chi connectivity index (χ2v) is 4.95. The van der Waals surface area contributed by atoms with Crippen LogP contribution in [-0.2, 0) is 14.3 Å². The van der Waals surface area contributed by atoms with Crippen LogP contribution in [0.25, 0.3) is 0 Å². The summed E-state index contributed by atoms with van der Waals surface area (Å²) >= 11 is 1.73. The van der Waals surface area contributed by atoms with Crippen LogP contribution in [0, 0.1) is 0 Å². The molecule has 1 atom stereocenters. The topological polar surface area (TPSA) is 67.4 Å². The lowest BCUT2D eigenvalue weighted by atomic mass is 10.1. The fraction of sp³-hybridized carbons (Fsp3) is 0.500. The van der Waals surface area contributed by atoms with E-state index in [9.17, 15) is 9.59 Å². The van der Waals surface area contributed by atoms with Crippen molar-refractivity contribution in [2.75, 3.05) is 19.4 Å².